The zero-order valence-electron chi connectivity index (χ0n) is 18.8. The molecule has 6 rings (SSSR count). The first kappa shape index (κ1) is 21.3. The third kappa shape index (κ3) is 3.39. The highest BCUT2D eigenvalue weighted by molar-refractivity contribution is 7.17. The van der Waals surface area contributed by atoms with Gasteiger partial charge >= 0.3 is 0 Å². The van der Waals surface area contributed by atoms with Gasteiger partial charge in [-0.2, -0.15) is 5.10 Å². The molecule has 0 unspecified atom stereocenters. The lowest BCUT2D eigenvalue weighted by Gasteiger charge is -2.32. The molecule has 4 aromatic rings. The molecule has 8 nitrogen and oxygen atoms in total. The Balaban J connectivity index is 1.45. The average Bonchev–Trinajstić information content (AvgIpc) is 3.61. The molecule has 1 saturated heterocycles. The number of H-pyrrole nitrogens is 1. The van der Waals surface area contributed by atoms with E-state index in [-0.39, 0.29) is 11.9 Å². The molecular weight excluding hydrogens is 450 g/mol. The van der Waals surface area contributed by atoms with Gasteiger partial charge in [-0.15, -0.1) is 11.3 Å². The van der Waals surface area contributed by atoms with Crippen LogP contribution in [0, 0.1) is 0 Å². The lowest BCUT2D eigenvalue weighted by Crippen LogP contribution is -2.36. The Bertz CT molecular complexity index is 1440. The van der Waals surface area contributed by atoms with Crippen LogP contribution in [0.4, 0.5) is 0 Å². The zero-order valence-corrected chi connectivity index (χ0v) is 19.7. The number of nitrogens with one attached hydrogen (secondary N) is 2. The van der Waals surface area contributed by atoms with Gasteiger partial charge in [-0.3, -0.25) is 19.6 Å². The summed E-state index contributed by atoms with van der Waals surface area (Å²) in [5.74, 6) is -0.768. The normalized spacial score (nSPS) is 18.0. The molecule has 2 amide bonds. The van der Waals surface area contributed by atoms with Crippen molar-refractivity contribution in [1.82, 2.24) is 25.0 Å². The summed E-state index contributed by atoms with van der Waals surface area (Å²) >= 11 is 1.55. The second kappa shape index (κ2) is 8.50. The lowest BCUT2D eigenvalue weighted by molar-refractivity contribution is -0.122. The molecule has 0 radical (unpaired) electrons. The van der Waals surface area contributed by atoms with E-state index >= 15 is 0 Å². The molecule has 174 valence electrons. The monoisotopic (exact) mass is 475 g/mol. The second-order valence-corrected chi connectivity index (χ2v) is 9.69. The number of benzene rings is 1. The third-order valence-corrected chi connectivity index (χ3v) is 7.80. The van der Waals surface area contributed by atoms with Crippen LogP contribution >= 0.6 is 11.3 Å². The average molecular weight is 476 g/mol. The first-order valence-corrected chi connectivity index (χ1v) is 12.4. The quantitative estimate of drug-likeness (QED) is 0.417. The molecule has 1 fully saturated rings. The molecule has 0 atom stereocenters. The van der Waals surface area contributed by atoms with Crippen LogP contribution in [0.1, 0.15) is 30.1 Å². The molecule has 2 aliphatic rings. The van der Waals surface area contributed by atoms with Crippen LogP contribution in [0.3, 0.4) is 0 Å². The Morgan fingerprint density at radius 3 is 2.74 bits per heavy atom. The smallest absolute Gasteiger partial charge is 0.261 e. The van der Waals surface area contributed by atoms with E-state index in [2.05, 4.69) is 19.9 Å². The fourth-order valence-corrected chi connectivity index (χ4v) is 6.01. The molecule has 0 aliphatic carbocycles. The van der Waals surface area contributed by atoms with Crippen molar-refractivity contribution in [3.05, 3.63) is 53.2 Å². The maximum Gasteiger partial charge on any atom is 0.261 e. The van der Waals surface area contributed by atoms with Crippen LogP contribution < -0.4 is 5.32 Å². The van der Waals surface area contributed by atoms with Crippen LogP contribution in [0.25, 0.3) is 32.3 Å². The number of fused-ring (bicyclic) bond motifs is 2. The Morgan fingerprint density at radius 2 is 1.91 bits per heavy atom. The highest BCUT2D eigenvalue weighted by Crippen LogP contribution is 2.39. The van der Waals surface area contributed by atoms with Gasteiger partial charge < -0.3 is 14.6 Å². The van der Waals surface area contributed by atoms with Crippen molar-refractivity contribution >= 4 is 55.4 Å². The minimum Gasteiger partial charge on any atom is -0.383 e. The summed E-state index contributed by atoms with van der Waals surface area (Å²) < 4.78 is 8.25. The molecule has 34 heavy (non-hydrogen) atoms. The van der Waals surface area contributed by atoms with E-state index in [9.17, 15) is 9.59 Å². The summed E-state index contributed by atoms with van der Waals surface area (Å²) in [5, 5.41) is 10.4. The zero-order chi connectivity index (χ0) is 23.2. The van der Waals surface area contributed by atoms with Gasteiger partial charge in [0, 0.05) is 43.9 Å². The van der Waals surface area contributed by atoms with Crippen molar-refractivity contribution in [1.29, 1.82) is 0 Å². The summed E-state index contributed by atoms with van der Waals surface area (Å²) in [5.41, 5.74) is 4.00. The van der Waals surface area contributed by atoms with Crippen LogP contribution in [0.2, 0.25) is 0 Å². The largest absolute Gasteiger partial charge is 0.383 e. The number of imide groups is 1. The molecule has 0 bridgehead atoms. The maximum absolute atomic E-state index is 13.1. The number of hydrogen-bond donors (Lipinski definition) is 2. The van der Waals surface area contributed by atoms with Crippen molar-refractivity contribution in [3.8, 4) is 0 Å². The summed E-state index contributed by atoms with van der Waals surface area (Å²) in [7, 11) is 1.73. The molecule has 0 saturated carbocycles. The van der Waals surface area contributed by atoms with E-state index in [1.807, 2.05) is 41.9 Å². The number of aromatic amines is 1. The first-order chi connectivity index (χ1) is 16.7. The fourth-order valence-electron chi connectivity index (χ4n) is 5.13. The van der Waals surface area contributed by atoms with Crippen LogP contribution in [-0.2, 0) is 14.3 Å². The fraction of sp³-hybridized carbons (Fsp3) is 0.320. The number of carbonyl (C=O) groups is 2. The van der Waals surface area contributed by atoms with Crippen LogP contribution in [-0.4, -0.2) is 64.8 Å². The topological polar surface area (TPSA) is 92.2 Å². The van der Waals surface area contributed by atoms with Crippen molar-refractivity contribution in [2.24, 2.45) is 0 Å². The van der Waals surface area contributed by atoms with E-state index in [1.54, 1.807) is 18.4 Å². The van der Waals surface area contributed by atoms with Crippen molar-refractivity contribution < 1.29 is 14.3 Å². The number of hydrogen-bond acceptors (Lipinski definition) is 6. The number of thiophene rings is 1. The number of aromatic nitrogens is 3. The van der Waals surface area contributed by atoms with Gasteiger partial charge in [0.2, 0.25) is 0 Å². The molecule has 2 aliphatic heterocycles. The van der Waals surface area contributed by atoms with Crippen molar-refractivity contribution in [2.45, 2.75) is 18.9 Å². The van der Waals surface area contributed by atoms with E-state index < -0.39 is 5.91 Å². The Hall–Kier alpha value is -3.27. The van der Waals surface area contributed by atoms with E-state index in [0.29, 0.717) is 16.8 Å². The number of rotatable bonds is 6. The molecule has 9 heteroatoms. The predicted molar refractivity (Wildman–Crippen MR) is 132 cm³/mol. The first-order valence-electron chi connectivity index (χ1n) is 11.5. The Kier molecular flexibility index (Phi) is 5.32. The highest BCUT2D eigenvalue weighted by atomic mass is 32.1. The standard InChI is InChI=1S/C25H25N5O3S/c1-33-12-11-29-9-6-15(7-10-29)30-19-5-3-2-4-16(19)22(28-30)21-20(24(31)27-25(21)32)17-14-26-18-8-13-34-23(17)18/h2-5,8,13-15,26H,6-7,9-12H2,1H3,(H,27,31,32). The van der Waals surface area contributed by atoms with Gasteiger partial charge in [0.25, 0.3) is 11.8 Å². The predicted octanol–water partition coefficient (Wildman–Crippen LogP) is 3.43. The van der Waals surface area contributed by atoms with Gasteiger partial charge in [-0.25, -0.2) is 0 Å². The van der Waals surface area contributed by atoms with Gasteiger partial charge in [0.15, 0.2) is 0 Å². The van der Waals surface area contributed by atoms with E-state index in [0.717, 1.165) is 65.8 Å². The van der Waals surface area contributed by atoms with E-state index in [1.165, 1.54) is 0 Å². The van der Waals surface area contributed by atoms with Gasteiger partial charge in [-0.05, 0) is 30.4 Å². The molecule has 3 aromatic heterocycles. The number of nitrogens with zero attached hydrogens (tertiary/aromatic N) is 3. The number of para-hydroxylation sites is 1. The van der Waals surface area contributed by atoms with Crippen LogP contribution in [0.5, 0.6) is 0 Å². The number of amides is 2. The summed E-state index contributed by atoms with van der Waals surface area (Å²) in [6.45, 7) is 3.62. The minimum absolute atomic E-state index is 0.234. The Morgan fingerprint density at radius 1 is 1.12 bits per heavy atom. The molecule has 0 spiro atoms. The number of ether oxygens (including phenoxy) is 1. The van der Waals surface area contributed by atoms with Crippen molar-refractivity contribution in [3.63, 3.8) is 0 Å². The summed E-state index contributed by atoms with van der Waals surface area (Å²) in [6.07, 6.45) is 3.75. The summed E-state index contributed by atoms with van der Waals surface area (Å²) in [4.78, 5) is 31.6. The van der Waals surface area contributed by atoms with Gasteiger partial charge in [0.05, 0.1) is 39.5 Å². The summed E-state index contributed by atoms with van der Waals surface area (Å²) in [6, 6.07) is 10.2. The van der Waals surface area contributed by atoms with Gasteiger partial charge in [0.1, 0.15) is 5.69 Å². The number of likely N-dealkylation sites (tertiary alicyclic amines) is 1. The maximum atomic E-state index is 13.1. The number of carbonyl (C=O) groups excluding carboxylic acids is 2. The van der Waals surface area contributed by atoms with E-state index in [4.69, 9.17) is 9.84 Å². The Labute approximate surface area is 200 Å². The third-order valence-electron chi connectivity index (χ3n) is 6.85. The SMILES string of the molecule is COCCN1CCC(n2nc(C3=C(c4c[nH]c5ccsc45)C(=O)NC3=O)c3ccccc32)CC1. The lowest BCUT2D eigenvalue weighted by atomic mass is 9.99. The second-order valence-electron chi connectivity index (χ2n) is 8.77. The number of methoxy groups -OCH3 is 1. The van der Waals surface area contributed by atoms with Crippen molar-refractivity contribution in [2.75, 3.05) is 33.4 Å². The molecular formula is C25H25N5O3S. The molecule has 2 N–H and O–H groups in total. The molecule has 1 aromatic carbocycles. The van der Waals surface area contributed by atoms with Crippen LogP contribution in [0.15, 0.2) is 41.9 Å². The number of piperidine rings is 1. The minimum atomic E-state index is -0.393. The highest BCUT2D eigenvalue weighted by Gasteiger charge is 2.37. The van der Waals surface area contributed by atoms with Gasteiger partial charge in [-0.1, -0.05) is 18.2 Å². The molecule has 5 heterocycles.